The third-order valence-corrected chi connectivity index (χ3v) is 3.76. The summed E-state index contributed by atoms with van der Waals surface area (Å²) in [6.45, 7) is 7.80. The Morgan fingerprint density at radius 1 is 1.27 bits per heavy atom. The van der Waals surface area contributed by atoms with Crippen molar-refractivity contribution in [1.29, 1.82) is 0 Å². The third-order valence-electron chi connectivity index (χ3n) is 3.76. The van der Waals surface area contributed by atoms with Crippen LogP contribution in [0.2, 0.25) is 0 Å². The van der Waals surface area contributed by atoms with Crippen LogP contribution in [0.1, 0.15) is 45.2 Å². The molecule has 1 unspecified atom stereocenters. The second-order valence-electron chi connectivity index (χ2n) is 6.15. The maximum atomic E-state index is 12.3. The molecule has 0 spiro atoms. The van der Waals surface area contributed by atoms with E-state index in [1.165, 1.54) is 0 Å². The second-order valence-corrected chi connectivity index (χ2v) is 6.15. The molecule has 0 saturated carbocycles. The molecule has 124 valence electrons. The van der Waals surface area contributed by atoms with Gasteiger partial charge in [0.1, 0.15) is 5.75 Å². The van der Waals surface area contributed by atoms with Crippen LogP contribution < -0.4 is 10.1 Å². The number of unbranched alkanes of at least 4 members (excludes halogenated alkanes) is 1. The minimum absolute atomic E-state index is 0.0259. The summed E-state index contributed by atoms with van der Waals surface area (Å²) in [6, 6.07) is 7.93. The van der Waals surface area contributed by atoms with E-state index in [4.69, 9.17) is 4.74 Å². The molecule has 4 heteroatoms. The van der Waals surface area contributed by atoms with Gasteiger partial charge >= 0.3 is 0 Å². The largest absolute Gasteiger partial charge is 0.497 e. The van der Waals surface area contributed by atoms with Gasteiger partial charge in [-0.25, -0.2) is 0 Å². The maximum Gasteiger partial charge on any atom is 0.234 e. The molecule has 0 saturated heterocycles. The van der Waals surface area contributed by atoms with Crippen LogP contribution >= 0.6 is 0 Å². The average molecular weight is 306 g/mol. The Balaban J connectivity index is 2.65. The first-order valence-corrected chi connectivity index (χ1v) is 8.09. The van der Waals surface area contributed by atoms with E-state index in [1.807, 2.05) is 31.3 Å². The SMILES string of the molecule is CCCCN(C)CC(=O)NC(c1ccc(OC)cc1)C(C)C. The highest BCUT2D eigenvalue weighted by Crippen LogP contribution is 2.23. The van der Waals surface area contributed by atoms with Gasteiger partial charge in [0.05, 0.1) is 19.7 Å². The summed E-state index contributed by atoms with van der Waals surface area (Å²) in [5.74, 6) is 1.24. The lowest BCUT2D eigenvalue weighted by Gasteiger charge is -2.25. The minimum atomic E-state index is 0.0259. The van der Waals surface area contributed by atoms with Gasteiger partial charge in [0.25, 0.3) is 0 Å². The molecule has 0 fully saturated rings. The maximum absolute atomic E-state index is 12.3. The number of carbonyl (C=O) groups excluding carboxylic acids is 1. The normalized spacial score (nSPS) is 12.5. The number of amides is 1. The Labute approximate surface area is 134 Å². The molecule has 1 N–H and O–H groups in total. The molecule has 0 aromatic heterocycles. The lowest BCUT2D eigenvalue weighted by molar-refractivity contribution is -0.123. The van der Waals surface area contributed by atoms with Gasteiger partial charge in [0.15, 0.2) is 0 Å². The molecule has 1 rings (SSSR count). The molecule has 1 aromatic carbocycles. The summed E-state index contributed by atoms with van der Waals surface area (Å²) in [7, 11) is 3.65. The summed E-state index contributed by atoms with van der Waals surface area (Å²) in [5, 5.41) is 3.16. The fourth-order valence-electron chi connectivity index (χ4n) is 2.42. The fourth-order valence-corrected chi connectivity index (χ4v) is 2.42. The molecule has 0 bridgehead atoms. The van der Waals surface area contributed by atoms with Gasteiger partial charge in [0.2, 0.25) is 5.91 Å². The molecule has 0 aliphatic carbocycles. The van der Waals surface area contributed by atoms with Crippen molar-refractivity contribution in [3.8, 4) is 5.75 Å². The van der Waals surface area contributed by atoms with Crippen LogP contribution in [0.25, 0.3) is 0 Å². The molecule has 0 radical (unpaired) electrons. The third kappa shape index (κ3) is 6.06. The van der Waals surface area contributed by atoms with Crippen LogP contribution in [0.15, 0.2) is 24.3 Å². The van der Waals surface area contributed by atoms with E-state index in [0.717, 1.165) is 30.7 Å². The molecule has 4 nitrogen and oxygen atoms in total. The monoisotopic (exact) mass is 306 g/mol. The van der Waals surface area contributed by atoms with Crippen molar-refractivity contribution >= 4 is 5.91 Å². The molecule has 0 heterocycles. The van der Waals surface area contributed by atoms with Crippen molar-refractivity contribution in [3.05, 3.63) is 29.8 Å². The summed E-state index contributed by atoms with van der Waals surface area (Å²) < 4.78 is 5.19. The topological polar surface area (TPSA) is 41.6 Å². The second kappa shape index (κ2) is 9.46. The van der Waals surface area contributed by atoms with Gasteiger partial charge in [-0.2, -0.15) is 0 Å². The predicted molar refractivity (Wildman–Crippen MR) is 91.1 cm³/mol. The zero-order chi connectivity index (χ0) is 16.5. The lowest BCUT2D eigenvalue weighted by Crippen LogP contribution is -2.39. The van der Waals surface area contributed by atoms with Crippen molar-refractivity contribution < 1.29 is 9.53 Å². The van der Waals surface area contributed by atoms with Gasteiger partial charge in [-0.1, -0.05) is 39.3 Å². The van der Waals surface area contributed by atoms with E-state index >= 15 is 0 Å². The summed E-state index contributed by atoms with van der Waals surface area (Å²) >= 11 is 0. The minimum Gasteiger partial charge on any atom is -0.497 e. The highest BCUT2D eigenvalue weighted by Gasteiger charge is 2.19. The van der Waals surface area contributed by atoms with Crippen LogP contribution in [0.4, 0.5) is 0 Å². The van der Waals surface area contributed by atoms with Crippen LogP contribution in [0, 0.1) is 5.92 Å². The summed E-state index contributed by atoms with van der Waals surface area (Å²) in [4.78, 5) is 14.3. The summed E-state index contributed by atoms with van der Waals surface area (Å²) in [6.07, 6.45) is 2.27. The number of nitrogens with zero attached hydrogens (tertiary/aromatic N) is 1. The van der Waals surface area contributed by atoms with E-state index in [1.54, 1.807) is 7.11 Å². The van der Waals surface area contributed by atoms with Crippen molar-refractivity contribution in [3.63, 3.8) is 0 Å². The standard InChI is InChI=1S/C18H30N2O2/c1-6-7-12-20(4)13-17(21)19-18(14(2)3)15-8-10-16(22-5)11-9-15/h8-11,14,18H,6-7,12-13H2,1-5H3,(H,19,21). The number of ether oxygens (including phenoxy) is 1. The van der Waals surface area contributed by atoms with Crippen LogP contribution in [0.3, 0.4) is 0 Å². The first-order chi connectivity index (χ1) is 10.5. The Kier molecular flexibility index (Phi) is 7.96. The molecular formula is C18H30N2O2. The molecule has 0 aliphatic rings. The number of hydrogen-bond acceptors (Lipinski definition) is 3. The van der Waals surface area contributed by atoms with E-state index < -0.39 is 0 Å². The predicted octanol–water partition coefficient (Wildman–Crippen LogP) is 3.24. The smallest absolute Gasteiger partial charge is 0.234 e. The Morgan fingerprint density at radius 3 is 2.41 bits per heavy atom. The molecular weight excluding hydrogens is 276 g/mol. The van der Waals surface area contributed by atoms with E-state index in [9.17, 15) is 4.79 Å². The molecule has 1 atom stereocenters. The first kappa shape index (κ1) is 18.5. The van der Waals surface area contributed by atoms with Gasteiger partial charge < -0.3 is 10.1 Å². The van der Waals surface area contributed by atoms with Gasteiger partial charge in [-0.15, -0.1) is 0 Å². The van der Waals surface area contributed by atoms with Crippen molar-refractivity contribution in [2.24, 2.45) is 5.92 Å². The molecule has 1 amide bonds. The number of carbonyl (C=O) groups is 1. The molecule has 22 heavy (non-hydrogen) atoms. The van der Waals surface area contributed by atoms with Crippen molar-refractivity contribution in [1.82, 2.24) is 10.2 Å². The summed E-state index contributed by atoms with van der Waals surface area (Å²) in [5.41, 5.74) is 1.11. The quantitative estimate of drug-likeness (QED) is 0.761. The van der Waals surface area contributed by atoms with Crippen LogP contribution in [0.5, 0.6) is 5.75 Å². The Bertz CT molecular complexity index is 443. The average Bonchev–Trinajstić information content (AvgIpc) is 2.50. The van der Waals surface area contributed by atoms with E-state index in [2.05, 4.69) is 31.0 Å². The number of rotatable bonds is 9. The highest BCUT2D eigenvalue weighted by molar-refractivity contribution is 5.78. The van der Waals surface area contributed by atoms with E-state index in [0.29, 0.717) is 12.5 Å². The first-order valence-electron chi connectivity index (χ1n) is 8.09. The zero-order valence-corrected chi connectivity index (χ0v) is 14.6. The number of likely N-dealkylation sites (N-methyl/N-ethyl adjacent to an activating group) is 1. The van der Waals surface area contributed by atoms with Gasteiger partial charge in [-0.3, -0.25) is 9.69 Å². The number of hydrogen-bond donors (Lipinski definition) is 1. The Morgan fingerprint density at radius 2 is 1.91 bits per heavy atom. The van der Waals surface area contributed by atoms with Crippen LogP contribution in [-0.2, 0) is 4.79 Å². The molecule has 0 aliphatic heterocycles. The van der Waals surface area contributed by atoms with Gasteiger partial charge in [0, 0.05) is 0 Å². The van der Waals surface area contributed by atoms with Crippen LogP contribution in [-0.4, -0.2) is 38.1 Å². The van der Waals surface area contributed by atoms with Gasteiger partial charge in [-0.05, 0) is 43.6 Å². The highest BCUT2D eigenvalue weighted by atomic mass is 16.5. The lowest BCUT2D eigenvalue weighted by atomic mass is 9.96. The zero-order valence-electron chi connectivity index (χ0n) is 14.6. The van der Waals surface area contributed by atoms with E-state index in [-0.39, 0.29) is 11.9 Å². The van der Waals surface area contributed by atoms with Crippen molar-refractivity contribution in [2.45, 2.75) is 39.7 Å². The molecule has 1 aromatic rings. The Hall–Kier alpha value is -1.55. The number of nitrogens with one attached hydrogen (secondary N) is 1. The van der Waals surface area contributed by atoms with Crippen molar-refractivity contribution in [2.75, 3.05) is 27.2 Å². The number of methoxy groups -OCH3 is 1. The number of benzene rings is 1. The fraction of sp³-hybridized carbons (Fsp3) is 0.611.